The fourth-order valence-electron chi connectivity index (χ4n) is 1.63. The summed E-state index contributed by atoms with van der Waals surface area (Å²) in [6.07, 6.45) is 5.01. The molecule has 1 N–H and O–H groups in total. The van der Waals surface area contributed by atoms with Crippen molar-refractivity contribution in [3.8, 4) is 5.69 Å². The van der Waals surface area contributed by atoms with Gasteiger partial charge in [-0.1, -0.05) is 30.7 Å². The maximum absolute atomic E-state index is 6.12. The average Bonchev–Trinajstić information content (AvgIpc) is 2.79. The molecule has 0 aliphatic carbocycles. The van der Waals surface area contributed by atoms with Crippen molar-refractivity contribution in [1.82, 2.24) is 15.1 Å². The van der Waals surface area contributed by atoms with Crippen molar-refractivity contribution < 1.29 is 0 Å². The molecule has 1 heterocycles. The van der Waals surface area contributed by atoms with Crippen molar-refractivity contribution in [2.24, 2.45) is 0 Å². The van der Waals surface area contributed by atoms with E-state index in [4.69, 9.17) is 11.6 Å². The van der Waals surface area contributed by atoms with Gasteiger partial charge in [-0.25, -0.2) is 4.68 Å². The minimum Gasteiger partial charge on any atom is -0.313 e. The van der Waals surface area contributed by atoms with Crippen molar-refractivity contribution in [2.45, 2.75) is 19.9 Å². The number of para-hydroxylation sites is 1. The Kier molecular flexibility index (Phi) is 4.18. The molecular weight excluding hydrogens is 234 g/mol. The van der Waals surface area contributed by atoms with E-state index in [1.807, 2.05) is 41.3 Å². The summed E-state index contributed by atoms with van der Waals surface area (Å²) < 4.78 is 1.81. The molecule has 0 spiro atoms. The summed E-state index contributed by atoms with van der Waals surface area (Å²) >= 11 is 6.12. The lowest BCUT2D eigenvalue weighted by Crippen LogP contribution is -2.13. The highest BCUT2D eigenvalue weighted by Crippen LogP contribution is 2.19. The van der Waals surface area contributed by atoms with Crippen molar-refractivity contribution >= 4 is 11.6 Å². The number of nitrogens with one attached hydrogen (secondary N) is 1. The molecule has 0 aliphatic heterocycles. The van der Waals surface area contributed by atoms with Crippen molar-refractivity contribution in [3.63, 3.8) is 0 Å². The van der Waals surface area contributed by atoms with Crippen LogP contribution in [0.15, 0.2) is 36.7 Å². The molecule has 2 rings (SSSR count). The Bertz CT molecular complexity index is 479. The molecule has 4 heteroatoms. The molecule has 17 heavy (non-hydrogen) atoms. The Morgan fingerprint density at radius 2 is 2.18 bits per heavy atom. The highest BCUT2D eigenvalue weighted by atomic mass is 35.5. The minimum absolute atomic E-state index is 0.712. The van der Waals surface area contributed by atoms with Gasteiger partial charge in [-0.2, -0.15) is 5.10 Å². The molecular formula is C13H16ClN3. The van der Waals surface area contributed by atoms with Gasteiger partial charge in [0.05, 0.1) is 16.9 Å². The van der Waals surface area contributed by atoms with Crippen LogP contribution in [-0.4, -0.2) is 16.3 Å². The molecule has 0 amide bonds. The monoisotopic (exact) mass is 249 g/mol. The molecule has 0 saturated heterocycles. The van der Waals surface area contributed by atoms with Crippen molar-refractivity contribution in [1.29, 1.82) is 0 Å². The minimum atomic E-state index is 0.712. The van der Waals surface area contributed by atoms with Crippen LogP contribution in [0.5, 0.6) is 0 Å². The van der Waals surface area contributed by atoms with E-state index < -0.39 is 0 Å². The zero-order chi connectivity index (χ0) is 12.1. The van der Waals surface area contributed by atoms with E-state index >= 15 is 0 Å². The predicted octanol–water partition coefficient (Wildman–Crippen LogP) is 3.03. The Balaban J connectivity index is 2.10. The number of hydrogen-bond donors (Lipinski definition) is 1. The molecule has 3 nitrogen and oxygen atoms in total. The molecule has 90 valence electrons. The van der Waals surface area contributed by atoms with Gasteiger partial charge < -0.3 is 5.32 Å². The second-order valence-electron chi connectivity index (χ2n) is 3.92. The molecule has 0 aliphatic rings. The van der Waals surface area contributed by atoms with Crippen LogP contribution >= 0.6 is 11.6 Å². The quantitative estimate of drug-likeness (QED) is 0.826. The number of benzene rings is 1. The Hall–Kier alpha value is -1.32. The van der Waals surface area contributed by atoms with Gasteiger partial charge in [0.15, 0.2) is 0 Å². The Labute approximate surface area is 106 Å². The van der Waals surface area contributed by atoms with Crippen LogP contribution in [0.3, 0.4) is 0 Å². The normalized spacial score (nSPS) is 10.7. The lowest BCUT2D eigenvalue weighted by atomic mass is 10.3. The molecule has 0 unspecified atom stereocenters. The summed E-state index contributed by atoms with van der Waals surface area (Å²) in [7, 11) is 0. The maximum Gasteiger partial charge on any atom is 0.0831 e. The number of rotatable bonds is 5. The molecule has 0 saturated carbocycles. The van der Waals surface area contributed by atoms with Gasteiger partial charge in [0.25, 0.3) is 0 Å². The van der Waals surface area contributed by atoms with E-state index in [0.29, 0.717) is 5.02 Å². The first-order valence-electron chi connectivity index (χ1n) is 5.80. The van der Waals surface area contributed by atoms with Gasteiger partial charge in [-0.3, -0.25) is 0 Å². The predicted molar refractivity (Wildman–Crippen MR) is 70.6 cm³/mol. The molecule has 0 radical (unpaired) electrons. The zero-order valence-electron chi connectivity index (χ0n) is 9.86. The van der Waals surface area contributed by atoms with Crippen LogP contribution < -0.4 is 5.32 Å². The van der Waals surface area contributed by atoms with Gasteiger partial charge in [-0.15, -0.1) is 0 Å². The topological polar surface area (TPSA) is 29.9 Å². The average molecular weight is 250 g/mol. The summed E-state index contributed by atoms with van der Waals surface area (Å²) in [4.78, 5) is 0. The smallest absolute Gasteiger partial charge is 0.0831 e. The summed E-state index contributed by atoms with van der Waals surface area (Å²) in [6, 6.07) is 7.70. The second-order valence-corrected chi connectivity index (χ2v) is 4.33. The van der Waals surface area contributed by atoms with E-state index in [1.54, 1.807) is 0 Å². The molecule has 0 atom stereocenters. The summed E-state index contributed by atoms with van der Waals surface area (Å²) in [5.41, 5.74) is 2.08. The van der Waals surface area contributed by atoms with E-state index in [2.05, 4.69) is 17.3 Å². The van der Waals surface area contributed by atoms with Crippen molar-refractivity contribution in [2.75, 3.05) is 6.54 Å². The van der Waals surface area contributed by atoms with Crippen LogP contribution in [-0.2, 0) is 6.54 Å². The SMILES string of the molecule is CCCNCc1cnn(-c2ccccc2Cl)c1. The van der Waals surface area contributed by atoms with Crippen LogP contribution in [0, 0.1) is 0 Å². The molecule has 2 aromatic rings. The van der Waals surface area contributed by atoms with Gasteiger partial charge in [-0.05, 0) is 25.1 Å². The summed E-state index contributed by atoms with van der Waals surface area (Å²) in [5, 5.41) is 8.37. The van der Waals surface area contributed by atoms with E-state index in [1.165, 1.54) is 5.56 Å². The largest absolute Gasteiger partial charge is 0.313 e. The summed E-state index contributed by atoms with van der Waals surface area (Å²) in [6.45, 7) is 4.02. The van der Waals surface area contributed by atoms with Crippen LogP contribution in [0.4, 0.5) is 0 Å². The van der Waals surface area contributed by atoms with Gasteiger partial charge >= 0.3 is 0 Å². The first kappa shape index (κ1) is 12.1. The maximum atomic E-state index is 6.12. The van der Waals surface area contributed by atoms with Gasteiger partial charge in [0.1, 0.15) is 0 Å². The fraction of sp³-hybridized carbons (Fsp3) is 0.308. The second kappa shape index (κ2) is 5.84. The Morgan fingerprint density at radius 1 is 1.35 bits per heavy atom. The number of hydrogen-bond acceptors (Lipinski definition) is 2. The fourth-order valence-corrected chi connectivity index (χ4v) is 1.85. The van der Waals surface area contributed by atoms with Crippen LogP contribution in [0.2, 0.25) is 5.02 Å². The van der Waals surface area contributed by atoms with E-state index in [0.717, 1.165) is 25.2 Å². The standard InChI is InChI=1S/C13H16ClN3/c1-2-7-15-8-11-9-16-17(10-11)13-6-4-3-5-12(13)14/h3-6,9-10,15H,2,7-8H2,1H3. The lowest BCUT2D eigenvalue weighted by molar-refractivity contribution is 0.675. The van der Waals surface area contributed by atoms with E-state index in [-0.39, 0.29) is 0 Å². The third kappa shape index (κ3) is 3.08. The molecule has 0 bridgehead atoms. The van der Waals surface area contributed by atoms with Crippen LogP contribution in [0.25, 0.3) is 5.69 Å². The molecule has 0 fully saturated rings. The Morgan fingerprint density at radius 3 is 2.94 bits per heavy atom. The third-order valence-corrected chi connectivity index (χ3v) is 2.81. The first-order valence-corrected chi connectivity index (χ1v) is 6.18. The number of halogens is 1. The first-order chi connectivity index (χ1) is 8.31. The van der Waals surface area contributed by atoms with Gasteiger partial charge in [0, 0.05) is 18.3 Å². The van der Waals surface area contributed by atoms with Gasteiger partial charge in [0.2, 0.25) is 0 Å². The molecule has 1 aromatic carbocycles. The highest BCUT2D eigenvalue weighted by Gasteiger charge is 2.03. The number of aromatic nitrogens is 2. The zero-order valence-corrected chi connectivity index (χ0v) is 10.6. The lowest BCUT2D eigenvalue weighted by Gasteiger charge is -2.03. The summed E-state index contributed by atoms with van der Waals surface area (Å²) in [5.74, 6) is 0. The van der Waals surface area contributed by atoms with Crippen molar-refractivity contribution in [3.05, 3.63) is 47.2 Å². The number of nitrogens with zero attached hydrogens (tertiary/aromatic N) is 2. The highest BCUT2D eigenvalue weighted by molar-refractivity contribution is 6.32. The van der Waals surface area contributed by atoms with E-state index in [9.17, 15) is 0 Å². The third-order valence-electron chi connectivity index (χ3n) is 2.49. The molecule has 1 aromatic heterocycles. The van der Waals surface area contributed by atoms with Crippen LogP contribution in [0.1, 0.15) is 18.9 Å².